The normalized spacial score (nSPS) is 17.7. The minimum Gasteiger partial charge on any atom is -0.508 e. The summed E-state index contributed by atoms with van der Waals surface area (Å²) in [4.78, 5) is 12.4. The smallest absolute Gasteiger partial charge is 0.230 e. The van der Waals surface area contributed by atoms with E-state index in [1.54, 1.807) is 12.1 Å². The van der Waals surface area contributed by atoms with E-state index in [2.05, 4.69) is 12.2 Å². The van der Waals surface area contributed by atoms with Crippen molar-refractivity contribution in [3.8, 4) is 5.75 Å². The van der Waals surface area contributed by atoms with Crippen LogP contribution in [0, 0.1) is 12.3 Å². The first kappa shape index (κ1) is 12.9. The molecule has 2 N–H and O–H groups in total. The van der Waals surface area contributed by atoms with Gasteiger partial charge in [0.25, 0.3) is 0 Å². The Morgan fingerprint density at radius 1 is 1.39 bits per heavy atom. The number of nitrogens with one attached hydrogen (secondary N) is 1. The van der Waals surface area contributed by atoms with Crippen molar-refractivity contribution in [3.63, 3.8) is 0 Å². The summed E-state index contributed by atoms with van der Waals surface area (Å²) in [5.41, 5.74) is 1.26. The molecule has 0 saturated heterocycles. The summed E-state index contributed by atoms with van der Waals surface area (Å²) in [5, 5.41) is 12.6. The zero-order valence-corrected chi connectivity index (χ0v) is 11.1. The Labute approximate surface area is 108 Å². The average Bonchev–Trinajstić information content (AvgIpc) is 2.85. The molecule has 3 heteroatoms. The number of hydrogen-bond donors (Lipinski definition) is 2. The second-order valence-electron chi connectivity index (χ2n) is 5.24. The first-order valence-corrected chi connectivity index (χ1v) is 6.69. The van der Waals surface area contributed by atoms with Gasteiger partial charge in [0, 0.05) is 16.7 Å². The maximum Gasteiger partial charge on any atom is 0.230 e. The molecule has 1 saturated carbocycles. The van der Waals surface area contributed by atoms with E-state index in [-0.39, 0.29) is 17.1 Å². The van der Waals surface area contributed by atoms with Gasteiger partial charge in [-0.25, -0.2) is 0 Å². The van der Waals surface area contributed by atoms with Crippen molar-refractivity contribution in [2.24, 2.45) is 5.41 Å². The van der Waals surface area contributed by atoms with E-state index in [0.29, 0.717) is 0 Å². The molecule has 0 aromatic heterocycles. The van der Waals surface area contributed by atoms with Gasteiger partial charge < -0.3 is 10.4 Å². The molecule has 1 fully saturated rings. The molecule has 0 atom stereocenters. The van der Waals surface area contributed by atoms with Gasteiger partial charge in [-0.05, 0) is 38.3 Å². The lowest BCUT2D eigenvalue weighted by Gasteiger charge is -2.26. The molecule has 1 amide bonds. The Balaban J connectivity index is 2.18. The van der Waals surface area contributed by atoms with E-state index in [1.807, 2.05) is 13.0 Å². The van der Waals surface area contributed by atoms with E-state index < -0.39 is 0 Å². The molecule has 1 aromatic carbocycles. The SMILES string of the molecule is CCC1(C(=O)Nc2cccc(O)c2C)CCCC1. The molecule has 98 valence electrons. The molecule has 1 aliphatic rings. The van der Waals surface area contributed by atoms with Crippen LogP contribution < -0.4 is 5.32 Å². The van der Waals surface area contributed by atoms with E-state index in [9.17, 15) is 9.90 Å². The number of anilines is 1. The van der Waals surface area contributed by atoms with Gasteiger partial charge >= 0.3 is 0 Å². The van der Waals surface area contributed by atoms with Crippen molar-refractivity contribution in [3.05, 3.63) is 23.8 Å². The monoisotopic (exact) mass is 247 g/mol. The fourth-order valence-electron chi connectivity index (χ4n) is 2.81. The molecular weight excluding hydrogens is 226 g/mol. The molecule has 0 bridgehead atoms. The van der Waals surface area contributed by atoms with Crippen molar-refractivity contribution >= 4 is 11.6 Å². The van der Waals surface area contributed by atoms with E-state index >= 15 is 0 Å². The molecule has 1 aliphatic carbocycles. The quantitative estimate of drug-likeness (QED) is 0.857. The van der Waals surface area contributed by atoms with E-state index in [4.69, 9.17) is 0 Å². The van der Waals surface area contributed by atoms with E-state index in [1.165, 1.54) is 0 Å². The lowest BCUT2D eigenvalue weighted by molar-refractivity contribution is -0.125. The highest BCUT2D eigenvalue weighted by Crippen LogP contribution is 2.42. The molecule has 1 aromatic rings. The summed E-state index contributed by atoms with van der Waals surface area (Å²) in [5.74, 6) is 0.334. The van der Waals surface area contributed by atoms with Gasteiger partial charge in [-0.15, -0.1) is 0 Å². The Kier molecular flexibility index (Phi) is 3.60. The number of hydrogen-bond acceptors (Lipinski definition) is 2. The zero-order valence-electron chi connectivity index (χ0n) is 11.1. The van der Waals surface area contributed by atoms with Crippen LogP contribution in [-0.4, -0.2) is 11.0 Å². The first-order valence-electron chi connectivity index (χ1n) is 6.69. The van der Waals surface area contributed by atoms with Crippen LogP contribution >= 0.6 is 0 Å². The molecular formula is C15H21NO2. The first-order chi connectivity index (χ1) is 8.59. The van der Waals surface area contributed by atoms with Crippen molar-refractivity contribution in [1.29, 1.82) is 0 Å². The summed E-state index contributed by atoms with van der Waals surface area (Å²) >= 11 is 0. The molecule has 2 rings (SSSR count). The highest BCUT2D eigenvalue weighted by Gasteiger charge is 2.39. The number of benzene rings is 1. The zero-order chi connectivity index (χ0) is 13.2. The number of aromatic hydroxyl groups is 1. The van der Waals surface area contributed by atoms with Gasteiger partial charge in [-0.1, -0.05) is 25.8 Å². The minimum absolute atomic E-state index is 0.108. The lowest BCUT2D eigenvalue weighted by Crippen LogP contribution is -2.33. The summed E-state index contributed by atoms with van der Waals surface area (Å²) in [6, 6.07) is 5.23. The van der Waals surface area contributed by atoms with Crippen LogP contribution in [0.2, 0.25) is 0 Å². The van der Waals surface area contributed by atoms with Crippen LogP contribution in [0.25, 0.3) is 0 Å². The van der Waals surface area contributed by atoms with Gasteiger partial charge in [0.2, 0.25) is 5.91 Å². The third kappa shape index (κ3) is 2.22. The van der Waals surface area contributed by atoms with Crippen molar-refractivity contribution in [1.82, 2.24) is 0 Å². The molecule has 0 aliphatic heterocycles. The Hall–Kier alpha value is -1.51. The topological polar surface area (TPSA) is 49.3 Å². The predicted molar refractivity (Wildman–Crippen MR) is 72.7 cm³/mol. The van der Waals surface area contributed by atoms with Crippen LogP contribution in [0.1, 0.15) is 44.6 Å². The Morgan fingerprint density at radius 2 is 2.06 bits per heavy atom. The summed E-state index contributed by atoms with van der Waals surface area (Å²) in [6.07, 6.45) is 5.12. The van der Waals surface area contributed by atoms with Crippen molar-refractivity contribution in [2.45, 2.75) is 46.0 Å². The van der Waals surface area contributed by atoms with Crippen LogP contribution in [0.3, 0.4) is 0 Å². The molecule has 3 nitrogen and oxygen atoms in total. The fourth-order valence-corrected chi connectivity index (χ4v) is 2.81. The molecule has 0 heterocycles. The molecule has 0 radical (unpaired) electrons. The number of carbonyl (C=O) groups excluding carboxylic acids is 1. The van der Waals surface area contributed by atoms with Crippen molar-refractivity contribution in [2.75, 3.05) is 5.32 Å². The third-order valence-electron chi connectivity index (χ3n) is 4.27. The van der Waals surface area contributed by atoms with Crippen LogP contribution in [-0.2, 0) is 4.79 Å². The summed E-state index contributed by atoms with van der Waals surface area (Å²) in [6.45, 7) is 3.90. The van der Waals surface area contributed by atoms with Gasteiger partial charge in [0.15, 0.2) is 0 Å². The maximum atomic E-state index is 12.4. The van der Waals surface area contributed by atoms with Gasteiger partial charge in [-0.2, -0.15) is 0 Å². The second-order valence-corrected chi connectivity index (χ2v) is 5.24. The highest BCUT2D eigenvalue weighted by atomic mass is 16.3. The number of carbonyl (C=O) groups is 1. The van der Waals surface area contributed by atoms with Crippen molar-refractivity contribution < 1.29 is 9.90 Å². The Morgan fingerprint density at radius 3 is 2.67 bits per heavy atom. The second kappa shape index (κ2) is 5.01. The fraction of sp³-hybridized carbons (Fsp3) is 0.533. The minimum atomic E-state index is -0.197. The largest absolute Gasteiger partial charge is 0.508 e. The predicted octanol–water partition coefficient (Wildman–Crippen LogP) is 3.61. The number of amides is 1. The van der Waals surface area contributed by atoms with Crippen LogP contribution in [0.5, 0.6) is 5.75 Å². The Bertz CT molecular complexity index is 448. The molecule has 0 spiro atoms. The maximum absolute atomic E-state index is 12.4. The summed E-state index contributed by atoms with van der Waals surface area (Å²) < 4.78 is 0. The lowest BCUT2D eigenvalue weighted by atomic mass is 9.82. The summed E-state index contributed by atoms with van der Waals surface area (Å²) in [7, 11) is 0. The van der Waals surface area contributed by atoms with E-state index in [0.717, 1.165) is 43.4 Å². The number of phenolic OH excluding ortho intramolecular Hbond substituents is 1. The third-order valence-corrected chi connectivity index (χ3v) is 4.27. The van der Waals surface area contributed by atoms with Crippen LogP contribution in [0.15, 0.2) is 18.2 Å². The van der Waals surface area contributed by atoms with Gasteiger partial charge in [-0.3, -0.25) is 4.79 Å². The average molecular weight is 247 g/mol. The number of rotatable bonds is 3. The highest BCUT2D eigenvalue weighted by molar-refractivity contribution is 5.96. The molecule has 18 heavy (non-hydrogen) atoms. The van der Waals surface area contributed by atoms with Crippen LogP contribution in [0.4, 0.5) is 5.69 Å². The van der Waals surface area contributed by atoms with Gasteiger partial charge in [0.05, 0.1) is 0 Å². The number of phenols is 1. The van der Waals surface area contributed by atoms with Gasteiger partial charge in [0.1, 0.15) is 5.75 Å². The molecule has 0 unspecified atom stereocenters. The standard InChI is InChI=1S/C15H21NO2/c1-3-15(9-4-5-10-15)14(18)16-12-7-6-8-13(17)11(12)2/h6-8,17H,3-5,9-10H2,1-2H3,(H,16,18).